The van der Waals surface area contributed by atoms with Crippen LogP contribution in [0.25, 0.3) is 0 Å². The van der Waals surface area contributed by atoms with E-state index in [1.165, 1.54) is 27.9 Å². The maximum atomic E-state index is 3.80. The Kier molecular flexibility index (Phi) is 1.88. The molecule has 0 saturated carbocycles. The van der Waals surface area contributed by atoms with Crippen molar-refractivity contribution in [2.24, 2.45) is 0 Å². The number of nitrogens with one attached hydrogen (secondary N) is 1. The summed E-state index contributed by atoms with van der Waals surface area (Å²) in [6, 6.07) is 15.7. The first-order valence-corrected chi connectivity index (χ1v) is 7.02. The Morgan fingerprint density at radius 1 is 1.00 bits per heavy atom. The molecule has 0 saturated heterocycles. The van der Waals surface area contributed by atoms with E-state index in [9.17, 15) is 0 Å². The summed E-state index contributed by atoms with van der Waals surface area (Å²) >= 11 is 0. The summed E-state index contributed by atoms with van der Waals surface area (Å²) in [4.78, 5) is 0. The van der Waals surface area contributed by atoms with Crippen LogP contribution in [0, 0.1) is 6.92 Å². The minimum absolute atomic E-state index is 0.0275. The number of hydrogen-bond donors (Lipinski definition) is 1. The minimum atomic E-state index is 0.0275. The molecule has 0 bridgehead atoms. The Labute approximate surface area is 114 Å². The van der Waals surface area contributed by atoms with Gasteiger partial charge in [0.2, 0.25) is 0 Å². The molecular weight excluding hydrogens is 230 g/mol. The van der Waals surface area contributed by atoms with Crippen molar-refractivity contribution in [1.82, 2.24) is 0 Å². The molecule has 1 aliphatic carbocycles. The van der Waals surface area contributed by atoms with E-state index in [2.05, 4.69) is 68.6 Å². The van der Waals surface area contributed by atoms with Gasteiger partial charge in [0, 0.05) is 11.1 Å². The molecule has 0 aromatic heterocycles. The lowest BCUT2D eigenvalue weighted by atomic mass is 9.71. The van der Waals surface area contributed by atoms with Gasteiger partial charge in [-0.2, -0.15) is 0 Å². The highest BCUT2D eigenvalue weighted by Gasteiger charge is 2.57. The average molecular weight is 249 g/mol. The van der Waals surface area contributed by atoms with Crippen LogP contribution < -0.4 is 5.32 Å². The molecule has 0 spiro atoms. The van der Waals surface area contributed by atoms with Crippen LogP contribution in [0.3, 0.4) is 0 Å². The monoisotopic (exact) mass is 249 g/mol. The van der Waals surface area contributed by atoms with Crippen molar-refractivity contribution in [3.8, 4) is 0 Å². The molecule has 1 heterocycles. The molecule has 96 valence electrons. The summed E-state index contributed by atoms with van der Waals surface area (Å²) in [5.74, 6) is 0. The Bertz CT molecular complexity index is 688. The Balaban J connectivity index is 1.99. The maximum Gasteiger partial charge on any atom is 0.0697 e. The molecule has 1 nitrogen and oxygen atoms in total. The van der Waals surface area contributed by atoms with Crippen LogP contribution in [0.1, 0.15) is 36.1 Å². The summed E-state index contributed by atoms with van der Waals surface area (Å²) < 4.78 is 0. The van der Waals surface area contributed by atoms with Gasteiger partial charge < -0.3 is 5.32 Å². The molecule has 2 atom stereocenters. The summed E-state index contributed by atoms with van der Waals surface area (Å²) in [6.45, 7) is 6.95. The number of aryl methyl sites for hydroxylation is 1. The second kappa shape index (κ2) is 3.22. The van der Waals surface area contributed by atoms with Gasteiger partial charge in [-0.15, -0.1) is 0 Å². The van der Waals surface area contributed by atoms with E-state index in [1.54, 1.807) is 0 Å². The summed E-state index contributed by atoms with van der Waals surface area (Å²) in [5.41, 5.74) is 7.29. The van der Waals surface area contributed by atoms with Gasteiger partial charge in [-0.1, -0.05) is 48.9 Å². The van der Waals surface area contributed by atoms with Crippen molar-refractivity contribution in [2.75, 3.05) is 5.32 Å². The molecule has 2 aromatic carbocycles. The average Bonchev–Trinajstić information content (AvgIpc) is 2.74. The fraction of sp³-hybridized carbons (Fsp3) is 0.333. The Morgan fingerprint density at radius 3 is 2.63 bits per heavy atom. The highest BCUT2D eigenvalue weighted by atomic mass is 15.1. The molecule has 0 amide bonds. The molecule has 1 heteroatoms. The highest BCUT2D eigenvalue weighted by molar-refractivity contribution is 5.70. The Morgan fingerprint density at radius 2 is 1.79 bits per heavy atom. The van der Waals surface area contributed by atoms with E-state index in [-0.39, 0.29) is 11.0 Å². The van der Waals surface area contributed by atoms with Gasteiger partial charge >= 0.3 is 0 Å². The van der Waals surface area contributed by atoms with Crippen molar-refractivity contribution >= 4 is 5.69 Å². The maximum absolute atomic E-state index is 3.80. The lowest BCUT2D eigenvalue weighted by molar-refractivity contribution is 0.341. The zero-order valence-corrected chi connectivity index (χ0v) is 11.7. The molecule has 2 aliphatic rings. The van der Waals surface area contributed by atoms with E-state index in [0.717, 1.165) is 6.42 Å². The molecular formula is C18H19N. The standard InChI is InChI=1S/C18H19N/c1-12-8-9-16-15(10-12)17(2)11-13-6-4-5-7-14(13)18(17,3)19-16/h4-10,19H,11H2,1-3H3. The second-order valence-electron chi connectivity index (χ2n) is 6.47. The van der Waals surface area contributed by atoms with Gasteiger partial charge in [0.05, 0.1) is 5.54 Å². The van der Waals surface area contributed by atoms with Crippen LogP contribution in [-0.2, 0) is 17.4 Å². The third kappa shape index (κ3) is 1.16. The SMILES string of the molecule is Cc1ccc2c(c1)C1(C)Cc3ccccc3C1(C)N2. The third-order valence-electron chi connectivity index (χ3n) is 5.36. The van der Waals surface area contributed by atoms with Gasteiger partial charge in [0.25, 0.3) is 0 Å². The molecule has 1 aliphatic heterocycles. The Hall–Kier alpha value is -1.76. The number of benzene rings is 2. The number of anilines is 1. The third-order valence-corrected chi connectivity index (χ3v) is 5.36. The van der Waals surface area contributed by atoms with Gasteiger partial charge in [0.1, 0.15) is 0 Å². The fourth-order valence-electron chi connectivity index (χ4n) is 4.08. The summed E-state index contributed by atoms with van der Waals surface area (Å²) in [5, 5.41) is 3.80. The van der Waals surface area contributed by atoms with E-state index in [0.29, 0.717) is 0 Å². The van der Waals surface area contributed by atoms with E-state index in [4.69, 9.17) is 0 Å². The first kappa shape index (κ1) is 11.1. The predicted molar refractivity (Wildman–Crippen MR) is 79.7 cm³/mol. The summed E-state index contributed by atoms with van der Waals surface area (Å²) in [7, 11) is 0. The minimum Gasteiger partial charge on any atom is -0.375 e. The van der Waals surface area contributed by atoms with Crippen molar-refractivity contribution < 1.29 is 0 Å². The molecule has 2 unspecified atom stereocenters. The molecule has 1 N–H and O–H groups in total. The number of rotatable bonds is 0. The van der Waals surface area contributed by atoms with Gasteiger partial charge in [-0.25, -0.2) is 0 Å². The zero-order valence-electron chi connectivity index (χ0n) is 11.7. The predicted octanol–water partition coefficient (Wildman–Crippen LogP) is 4.15. The van der Waals surface area contributed by atoms with Gasteiger partial charge in [0.15, 0.2) is 0 Å². The van der Waals surface area contributed by atoms with Gasteiger partial charge in [-0.05, 0) is 43.0 Å². The van der Waals surface area contributed by atoms with Crippen molar-refractivity contribution in [2.45, 2.75) is 38.1 Å². The molecule has 19 heavy (non-hydrogen) atoms. The largest absolute Gasteiger partial charge is 0.375 e. The van der Waals surface area contributed by atoms with Crippen LogP contribution >= 0.6 is 0 Å². The quantitative estimate of drug-likeness (QED) is 0.739. The van der Waals surface area contributed by atoms with Crippen LogP contribution in [-0.4, -0.2) is 0 Å². The van der Waals surface area contributed by atoms with Crippen molar-refractivity contribution in [1.29, 1.82) is 0 Å². The number of hydrogen-bond acceptors (Lipinski definition) is 1. The second-order valence-corrected chi connectivity index (χ2v) is 6.47. The topological polar surface area (TPSA) is 12.0 Å². The van der Waals surface area contributed by atoms with Crippen LogP contribution in [0.2, 0.25) is 0 Å². The van der Waals surface area contributed by atoms with E-state index < -0.39 is 0 Å². The molecule has 2 aromatic rings. The van der Waals surface area contributed by atoms with Crippen molar-refractivity contribution in [3.05, 3.63) is 64.7 Å². The smallest absolute Gasteiger partial charge is 0.0697 e. The lowest BCUT2D eigenvalue weighted by Gasteiger charge is -2.36. The number of fused-ring (bicyclic) bond motifs is 5. The molecule has 4 rings (SSSR count). The van der Waals surface area contributed by atoms with Crippen LogP contribution in [0.5, 0.6) is 0 Å². The fourth-order valence-corrected chi connectivity index (χ4v) is 4.08. The lowest BCUT2D eigenvalue weighted by Crippen LogP contribution is -2.42. The first-order chi connectivity index (χ1) is 9.04. The molecule has 0 radical (unpaired) electrons. The van der Waals surface area contributed by atoms with Crippen molar-refractivity contribution in [3.63, 3.8) is 0 Å². The normalized spacial score (nSPS) is 30.5. The van der Waals surface area contributed by atoms with E-state index in [1.807, 2.05) is 0 Å². The van der Waals surface area contributed by atoms with E-state index >= 15 is 0 Å². The van der Waals surface area contributed by atoms with Crippen LogP contribution in [0.15, 0.2) is 42.5 Å². The van der Waals surface area contributed by atoms with Crippen LogP contribution in [0.4, 0.5) is 5.69 Å². The van der Waals surface area contributed by atoms with Gasteiger partial charge in [-0.3, -0.25) is 0 Å². The first-order valence-electron chi connectivity index (χ1n) is 7.02. The summed E-state index contributed by atoms with van der Waals surface area (Å²) in [6.07, 6.45) is 1.13. The zero-order chi connectivity index (χ0) is 13.3. The highest BCUT2D eigenvalue weighted by Crippen LogP contribution is 2.59. The molecule has 0 fully saturated rings.